The molecular formula is C6H14FN. The van der Waals surface area contributed by atoms with E-state index in [-0.39, 0.29) is 1.43 Å². The molecule has 1 rings (SSSR count). The molecular weight excluding hydrogens is 105 g/mol. The Kier molecular flexibility index (Phi) is 2.27. The zero-order valence-electron chi connectivity index (χ0n) is 4.99. The predicted molar refractivity (Wildman–Crippen MR) is 33.7 cm³/mol. The van der Waals surface area contributed by atoms with Crippen molar-refractivity contribution in [3.05, 3.63) is 0 Å². The molecule has 1 unspecified atom stereocenters. The average Bonchev–Trinajstić information content (AvgIpc) is 1.94. The van der Waals surface area contributed by atoms with Crippen LogP contribution in [0.15, 0.2) is 0 Å². The molecule has 0 aromatic carbocycles. The maximum absolute atomic E-state index is 12.4. The second kappa shape index (κ2) is 3.02. The zero-order valence-corrected chi connectivity index (χ0v) is 4.99. The van der Waals surface area contributed by atoms with E-state index in [0.717, 1.165) is 25.8 Å². The lowest BCUT2D eigenvalue weighted by Gasteiger charge is -1.99. The van der Waals surface area contributed by atoms with Gasteiger partial charge in [-0.1, -0.05) is 0 Å². The number of hydrogen-bond acceptors (Lipinski definition) is 1. The summed E-state index contributed by atoms with van der Waals surface area (Å²) in [6.45, 7) is 1.57. The Labute approximate surface area is 50.8 Å². The SMILES string of the molecule is FC1CCCCNC1.[HH]. The minimum absolute atomic E-state index is 0. The van der Waals surface area contributed by atoms with Gasteiger partial charge in [0.25, 0.3) is 0 Å². The Morgan fingerprint density at radius 2 is 2.38 bits per heavy atom. The molecule has 0 radical (unpaired) electrons. The fourth-order valence-corrected chi connectivity index (χ4v) is 0.977. The van der Waals surface area contributed by atoms with Crippen LogP contribution in [0.4, 0.5) is 4.39 Å². The second-order valence-electron chi connectivity index (χ2n) is 2.30. The number of rotatable bonds is 0. The number of alkyl halides is 1. The number of halogens is 1. The molecule has 1 nitrogen and oxygen atoms in total. The Hall–Kier alpha value is -0.110. The molecule has 2 heteroatoms. The van der Waals surface area contributed by atoms with Crippen LogP contribution in [0, 0.1) is 0 Å². The van der Waals surface area contributed by atoms with Crippen LogP contribution in [-0.4, -0.2) is 19.3 Å². The third kappa shape index (κ3) is 1.78. The van der Waals surface area contributed by atoms with Gasteiger partial charge in [0, 0.05) is 7.97 Å². The summed E-state index contributed by atoms with van der Waals surface area (Å²) in [6.07, 6.45) is 2.36. The van der Waals surface area contributed by atoms with Crippen molar-refractivity contribution < 1.29 is 5.82 Å². The van der Waals surface area contributed by atoms with Gasteiger partial charge >= 0.3 is 0 Å². The molecule has 1 aliphatic rings. The van der Waals surface area contributed by atoms with Crippen molar-refractivity contribution in [3.63, 3.8) is 0 Å². The average molecular weight is 119 g/mol. The smallest absolute Gasteiger partial charge is 0.112 e. The Morgan fingerprint density at radius 3 is 3.25 bits per heavy atom. The van der Waals surface area contributed by atoms with Crippen molar-refractivity contribution >= 4 is 0 Å². The lowest BCUT2D eigenvalue weighted by molar-refractivity contribution is 0.314. The molecule has 0 aromatic heterocycles. The second-order valence-corrected chi connectivity index (χ2v) is 2.30. The van der Waals surface area contributed by atoms with E-state index in [2.05, 4.69) is 5.32 Å². The third-order valence-corrected chi connectivity index (χ3v) is 1.49. The van der Waals surface area contributed by atoms with Gasteiger partial charge in [-0.25, -0.2) is 4.39 Å². The van der Waals surface area contributed by atoms with Crippen molar-refractivity contribution in [2.45, 2.75) is 25.4 Å². The lowest BCUT2D eigenvalue weighted by Crippen LogP contribution is -2.20. The fraction of sp³-hybridized carbons (Fsp3) is 1.00. The molecule has 0 spiro atoms. The molecule has 1 N–H and O–H groups in total. The van der Waals surface area contributed by atoms with Gasteiger partial charge in [0.05, 0.1) is 0 Å². The van der Waals surface area contributed by atoms with Gasteiger partial charge in [-0.3, -0.25) is 0 Å². The molecule has 0 aliphatic carbocycles. The van der Waals surface area contributed by atoms with E-state index in [4.69, 9.17) is 0 Å². The first-order chi connectivity index (χ1) is 3.89. The van der Waals surface area contributed by atoms with E-state index in [0.29, 0.717) is 6.54 Å². The van der Waals surface area contributed by atoms with Crippen LogP contribution in [0.3, 0.4) is 0 Å². The molecule has 1 atom stereocenters. The van der Waals surface area contributed by atoms with Crippen molar-refractivity contribution in [2.24, 2.45) is 0 Å². The van der Waals surface area contributed by atoms with E-state index in [1.165, 1.54) is 0 Å². The number of nitrogens with one attached hydrogen (secondary N) is 1. The summed E-state index contributed by atoms with van der Waals surface area (Å²) in [7, 11) is 0. The van der Waals surface area contributed by atoms with Gasteiger partial charge in [0.2, 0.25) is 0 Å². The topological polar surface area (TPSA) is 12.0 Å². The third-order valence-electron chi connectivity index (χ3n) is 1.49. The molecule has 0 aromatic rings. The zero-order chi connectivity index (χ0) is 5.82. The highest BCUT2D eigenvalue weighted by Gasteiger charge is 2.07. The van der Waals surface area contributed by atoms with Crippen LogP contribution in [0.1, 0.15) is 20.7 Å². The van der Waals surface area contributed by atoms with Crippen molar-refractivity contribution in [3.8, 4) is 0 Å². The van der Waals surface area contributed by atoms with E-state index >= 15 is 0 Å². The summed E-state index contributed by atoms with van der Waals surface area (Å²) in [6, 6.07) is 0. The number of hydrogen-bond donors (Lipinski definition) is 1. The summed E-state index contributed by atoms with van der Waals surface area (Å²) in [5, 5.41) is 3.02. The van der Waals surface area contributed by atoms with Crippen LogP contribution in [0.25, 0.3) is 0 Å². The summed E-state index contributed by atoms with van der Waals surface area (Å²) < 4.78 is 12.4. The predicted octanol–water partition coefficient (Wildman–Crippen LogP) is 1.34. The molecule has 0 bridgehead atoms. The normalized spacial score (nSPS) is 31.9. The fourth-order valence-electron chi connectivity index (χ4n) is 0.977. The monoisotopic (exact) mass is 119 g/mol. The molecule has 0 saturated carbocycles. The van der Waals surface area contributed by atoms with Crippen LogP contribution in [-0.2, 0) is 0 Å². The standard InChI is InChI=1S/C6H12FN.H2/c7-6-3-1-2-4-8-5-6;/h6,8H,1-5H2;1H. The maximum atomic E-state index is 12.4. The van der Waals surface area contributed by atoms with Gasteiger partial charge < -0.3 is 5.32 Å². The van der Waals surface area contributed by atoms with Crippen LogP contribution >= 0.6 is 0 Å². The molecule has 1 saturated heterocycles. The summed E-state index contributed by atoms with van der Waals surface area (Å²) >= 11 is 0. The Morgan fingerprint density at radius 1 is 1.50 bits per heavy atom. The van der Waals surface area contributed by atoms with Crippen molar-refractivity contribution in [1.29, 1.82) is 0 Å². The molecule has 0 amide bonds. The minimum Gasteiger partial charge on any atom is -0.314 e. The van der Waals surface area contributed by atoms with Crippen molar-refractivity contribution in [2.75, 3.05) is 13.1 Å². The van der Waals surface area contributed by atoms with E-state index in [1.54, 1.807) is 0 Å². The molecule has 1 aliphatic heterocycles. The largest absolute Gasteiger partial charge is 0.314 e. The highest BCUT2D eigenvalue weighted by Crippen LogP contribution is 2.06. The highest BCUT2D eigenvalue weighted by molar-refractivity contribution is 4.64. The minimum atomic E-state index is -0.586. The molecule has 1 fully saturated rings. The van der Waals surface area contributed by atoms with E-state index in [9.17, 15) is 4.39 Å². The summed E-state index contributed by atoms with van der Waals surface area (Å²) in [4.78, 5) is 0. The summed E-state index contributed by atoms with van der Waals surface area (Å²) in [5.74, 6) is 0. The molecule has 50 valence electrons. The highest BCUT2D eigenvalue weighted by atomic mass is 19.1. The molecule has 8 heavy (non-hydrogen) atoms. The van der Waals surface area contributed by atoms with Gasteiger partial charge in [-0.15, -0.1) is 0 Å². The molecule has 1 heterocycles. The Bertz CT molecular complexity index is 62.1. The summed E-state index contributed by atoms with van der Waals surface area (Å²) in [5.41, 5.74) is 0. The first-order valence-electron chi connectivity index (χ1n) is 3.24. The lowest BCUT2D eigenvalue weighted by atomic mass is 10.2. The van der Waals surface area contributed by atoms with Gasteiger partial charge in [0.1, 0.15) is 6.17 Å². The first-order valence-corrected chi connectivity index (χ1v) is 3.24. The first kappa shape index (κ1) is 6.02. The van der Waals surface area contributed by atoms with Crippen LogP contribution in [0.2, 0.25) is 0 Å². The quantitative estimate of drug-likeness (QED) is 0.507. The van der Waals surface area contributed by atoms with E-state index in [1.807, 2.05) is 0 Å². The van der Waals surface area contributed by atoms with Gasteiger partial charge in [0.15, 0.2) is 0 Å². The maximum Gasteiger partial charge on any atom is 0.112 e. The van der Waals surface area contributed by atoms with Crippen LogP contribution in [0.5, 0.6) is 0 Å². The van der Waals surface area contributed by atoms with Gasteiger partial charge in [-0.2, -0.15) is 0 Å². The van der Waals surface area contributed by atoms with Crippen molar-refractivity contribution in [1.82, 2.24) is 5.32 Å². The van der Waals surface area contributed by atoms with E-state index < -0.39 is 6.17 Å². The van der Waals surface area contributed by atoms with Gasteiger partial charge in [-0.05, 0) is 25.8 Å². The van der Waals surface area contributed by atoms with Crippen LogP contribution < -0.4 is 5.32 Å². The Balaban J connectivity index is 0.000000640.